The molecule has 5 rings (SSSR count). The number of pyridine rings is 1. The van der Waals surface area contributed by atoms with Crippen LogP contribution in [0.15, 0.2) is 77.8 Å². The second-order valence-corrected chi connectivity index (χ2v) is 13.0. The fourth-order valence-electron chi connectivity index (χ4n) is 5.20. The van der Waals surface area contributed by atoms with E-state index in [2.05, 4.69) is 10.3 Å². The van der Waals surface area contributed by atoms with Gasteiger partial charge < -0.3 is 26.3 Å². The van der Waals surface area contributed by atoms with Gasteiger partial charge in [-0.15, -0.1) is 0 Å². The molecule has 10 heteroatoms. The minimum Gasteiger partial charge on any atom is -0.490 e. The first kappa shape index (κ1) is 29.2. The van der Waals surface area contributed by atoms with Crippen molar-refractivity contribution in [3.63, 3.8) is 0 Å². The van der Waals surface area contributed by atoms with Crippen LogP contribution in [0.4, 0.5) is 11.5 Å². The molecule has 9 nitrogen and oxygen atoms in total. The molecule has 1 aliphatic rings. The van der Waals surface area contributed by atoms with Gasteiger partial charge in [0.25, 0.3) is 0 Å². The highest BCUT2D eigenvalue weighted by atomic mass is 32.2. The first-order chi connectivity index (χ1) is 20.0. The van der Waals surface area contributed by atoms with Crippen LogP contribution in [-0.4, -0.2) is 37.3 Å². The lowest BCUT2D eigenvalue weighted by Gasteiger charge is -2.35. The number of nitrogens with zero attached hydrogens (tertiary/aromatic N) is 1. The van der Waals surface area contributed by atoms with Crippen LogP contribution < -0.4 is 26.3 Å². The Kier molecular flexibility index (Phi) is 8.01. The van der Waals surface area contributed by atoms with Crippen molar-refractivity contribution in [3.05, 3.63) is 84.1 Å². The van der Waals surface area contributed by atoms with E-state index in [-0.39, 0.29) is 17.4 Å². The second-order valence-electron chi connectivity index (χ2n) is 10.8. The molecule has 5 N–H and O–H groups in total. The number of nitrogens with one attached hydrogen (secondary N) is 1. The zero-order valence-corrected chi connectivity index (χ0v) is 24.8. The van der Waals surface area contributed by atoms with Gasteiger partial charge in [-0.05, 0) is 92.6 Å². The average Bonchev–Trinajstić information content (AvgIpc) is 3.80. The van der Waals surface area contributed by atoms with Crippen LogP contribution in [-0.2, 0) is 26.6 Å². The molecule has 1 unspecified atom stereocenters. The molecule has 0 aliphatic heterocycles. The van der Waals surface area contributed by atoms with Crippen LogP contribution in [0.2, 0.25) is 0 Å². The Bertz CT molecular complexity index is 1740. The highest BCUT2D eigenvalue weighted by Gasteiger charge is 2.43. The lowest BCUT2D eigenvalue weighted by atomic mass is 9.82. The van der Waals surface area contributed by atoms with Crippen LogP contribution >= 0.6 is 0 Å². The van der Waals surface area contributed by atoms with Crippen LogP contribution in [0.1, 0.15) is 44.7 Å². The molecular weight excluding hydrogens is 552 g/mol. The van der Waals surface area contributed by atoms with Gasteiger partial charge in [-0.1, -0.05) is 24.3 Å². The fourth-order valence-corrected chi connectivity index (χ4v) is 7.09. The number of amides is 1. The Morgan fingerprint density at radius 3 is 2.52 bits per heavy atom. The average molecular weight is 589 g/mol. The van der Waals surface area contributed by atoms with E-state index >= 15 is 0 Å². The topological polar surface area (TPSA) is 147 Å². The van der Waals surface area contributed by atoms with Crippen molar-refractivity contribution >= 4 is 38.0 Å². The van der Waals surface area contributed by atoms with Gasteiger partial charge in [0.1, 0.15) is 11.4 Å². The zero-order chi connectivity index (χ0) is 30.1. The number of hydrogen-bond donors (Lipinski definition) is 3. The summed E-state index contributed by atoms with van der Waals surface area (Å²) in [5, 5.41) is 4.57. The largest absolute Gasteiger partial charge is 0.490 e. The quantitative estimate of drug-likeness (QED) is 0.210. The summed E-state index contributed by atoms with van der Waals surface area (Å²) in [6, 6.07) is 19.4. The molecular formula is C32H36N4O5S. The van der Waals surface area contributed by atoms with Crippen LogP contribution in [0, 0.1) is 0 Å². The monoisotopic (exact) mass is 588 g/mol. The number of nitrogen functional groups attached to an aromatic ring is 1. The number of benzene rings is 3. The molecule has 0 radical (unpaired) electrons. The number of carbonyl (C=O) groups excluding carboxylic acids is 1. The van der Waals surface area contributed by atoms with Gasteiger partial charge in [0, 0.05) is 23.7 Å². The minimum absolute atomic E-state index is 0.0308. The van der Waals surface area contributed by atoms with E-state index in [9.17, 15) is 13.2 Å². The van der Waals surface area contributed by atoms with Gasteiger partial charge in [0.2, 0.25) is 5.91 Å². The van der Waals surface area contributed by atoms with Crippen molar-refractivity contribution in [1.82, 2.24) is 4.98 Å². The first-order valence-electron chi connectivity index (χ1n) is 14.0. The molecule has 1 aliphatic carbocycles. The Hall–Kier alpha value is -4.31. The summed E-state index contributed by atoms with van der Waals surface area (Å²) < 4.78 is 38.8. The maximum absolute atomic E-state index is 13.7. The highest BCUT2D eigenvalue weighted by molar-refractivity contribution is 7.92. The molecule has 1 amide bonds. The SMILES string of the molecule is CCOc1cc(C(Cc2ccccc2S(=O)(=O)C2CC2)(Nc2ccc3c(N)nccc3c2)C(N)=O)ccc1OC(C)C. The molecule has 220 valence electrons. The van der Waals surface area contributed by atoms with E-state index < -0.39 is 26.5 Å². The number of hydrogen-bond acceptors (Lipinski definition) is 8. The van der Waals surface area contributed by atoms with Gasteiger partial charge in [-0.2, -0.15) is 0 Å². The number of aromatic nitrogens is 1. The maximum atomic E-state index is 13.7. The summed E-state index contributed by atoms with van der Waals surface area (Å²) in [5.41, 5.74) is 12.3. The van der Waals surface area contributed by atoms with Crippen molar-refractivity contribution in [2.45, 2.75) is 61.8 Å². The predicted molar refractivity (Wildman–Crippen MR) is 164 cm³/mol. The standard InChI is InChI=1S/C32H36N4O5S/c1-4-40-28-18-23(9-14-27(28)41-20(2)3)32(31(34)37,36-24-10-13-26-21(17-24)15-16-35-30(26)33)19-22-7-5-6-8-29(22)42(38,39)25-11-12-25/h5-10,13-18,20,25,36H,4,11-12,19H2,1-3H3,(H2,33,35)(H2,34,37). The summed E-state index contributed by atoms with van der Waals surface area (Å²) in [4.78, 5) is 18.1. The Morgan fingerprint density at radius 2 is 1.83 bits per heavy atom. The van der Waals surface area contributed by atoms with E-state index in [1.807, 2.05) is 39.0 Å². The summed E-state index contributed by atoms with van der Waals surface area (Å²) >= 11 is 0. The van der Waals surface area contributed by atoms with Gasteiger partial charge in [-0.25, -0.2) is 13.4 Å². The van der Waals surface area contributed by atoms with Crippen LogP contribution in [0.5, 0.6) is 11.5 Å². The third-order valence-electron chi connectivity index (χ3n) is 7.37. The van der Waals surface area contributed by atoms with Crippen LogP contribution in [0.3, 0.4) is 0 Å². The first-order valence-corrected chi connectivity index (χ1v) is 15.6. The van der Waals surface area contributed by atoms with Crippen molar-refractivity contribution in [3.8, 4) is 11.5 Å². The van der Waals surface area contributed by atoms with Crippen molar-refractivity contribution in [2.24, 2.45) is 5.73 Å². The molecule has 1 fully saturated rings. The number of carbonyl (C=O) groups is 1. The molecule has 42 heavy (non-hydrogen) atoms. The Morgan fingerprint density at radius 1 is 1.07 bits per heavy atom. The highest BCUT2D eigenvalue weighted by Crippen LogP contribution is 2.40. The number of ether oxygens (including phenoxy) is 2. The smallest absolute Gasteiger partial charge is 0.248 e. The van der Waals surface area contributed by atoms with Gasteiger partial charge in [0.15, 0.2) is 21.3 Å². The van der Waals surface area contributed by atoms with Crippen molar-refractivity contribution < 1.29 is 22.7 Å². The maximum Gasteiger partial charge on any atom is 0.248 e. The Labute approximate surface area is 246 Å². The summed E-state index contributed by atoms with van der Waals surface area (Å²) in [5.74, 6) is 0.684. The lowest BCUT2D eigenvalue weighted by Crippen LogP contribution is -2.49. The molecule has 1 aromatic heterocycles. The predicted octanol–water partition coefficient (Wildman–Crippen LogP) is 4.97. The molecule has 1 atom stereocenters. The molecule has 4 aromatic rings. The van der Waals surface area contributed by atoms with Gasteiger partial charge in [0.05, 0.1) is 22.9 Å². The van der Waals surface area contributed by atoms with Crippen molar-refractivity contribution in [1.29, 1.82) is 0 Å². The molecule has 0 bridgehead atoms. The molecule has 1 saturated carbocycles. The number of fused-ring (bicyclic) bond motifs is 1. The van der Waals surface area contributed by atoms with E-state index in [1.165, 1.54) is 0 Å². The molecule has 0 saturated heterocycles. The lowest BCUT2D eigenvalue weighted by molar-refractivity contribution is -0.122. The van der Waals surface area contributed by atoms with E-state index in [4.69, 9.17) is 20.9 Å². The molecule has 3 aromatic carbocycles. The molecule has 0 spiro atoms. The van der Waals surface area contributed by atoms with Crippen LogP contribution in [0.25, 0.3) is 10.8 Å². The summed E-state index contributed by atoms with van der Waals surface area (Å²) in [6.07, 6.45) is 2.73. The van der Waals surface area contributed by atoms with E-state index in [1.54, 1.807) is 54.7 Å². The number of primary amides is 1. The molecule has 1 heterocycles. The third-order valence-corrected chi connectivity index (χ3v) is 9.73. The zero-order valence-electron chi connectivity index (χ0n) is 24.0. The Balaban J connectivity index is 1.69. The second kappa shape index (κ2) is 11.5. The summed E-state index contributed by atoms with van der Waals surface area (Å²) in [7, 11) is -3.57. The van der Waals surface area contributed by atoms with E-state index in [0.29, 0.717) is 53.6 Å². The van der Waals surface area contributed by atoms with E-state index in [0.717, 1.165) is 10.8 Å². The number of anilines is 2. The third kappa shape index (κ3) is 5.72. The number of rotatable bonds is 12. The normalized spacial score (nSPS) is 14.9. The van der Waals surface area contributed by atoms with Gasteiger partial charge >= 0.3 is 0 Å². The summed E-state index contributed by atoms with van der Waals surface area (Å²) in [6.45, 7) is 6.06. The van der Waals surface area contributed by atoms with Crippen molar-refractivity contribution in [2.75, 3.05) is 17.7 Å². The number of nitrogens with two attached hydrogens (primary N) is 2. The van der Waals surface area contributed by atoms with Gasteiger partial charge in [-0.3, -0.25) is 4.79 Å². The number of sulfone groups is 1. The minimum atomic E-state index is -3.57. The fraction of sp³-hybridized carbons (Fsp3) is 0.312.